The molecule has 2 aliphatic heterocycles. The summed E-state index contributed by atoms with van der Waals surface area (Å²) in [5, 5.41) is 13.6. The normalized spacial score (nSPS) is 20.2. The first-order valence-corrected chi connectivity index (χ1v) is 10.1. The van der Waals surface area contributed by atoms with Crippen molar-refractivity contribution in [3.05, 3.63) is 59.7 Å². The van der Waals surface area contributed by atoms with Crippen LogP contribution in [0.15, 0.2) is 63.9 Å². The molecule has 1 saturated heterocycles. The van der Waals surface area contributed by atoms with Crippen LogP contribution in [0.2, 0.25) is 0 Å². The third kappa shape index (κ3) is 4.65. The van der Waals surface area contributed by atoms with Gasteiger partial charge in [0, 0.05) is 25.1 Å². The first-order valence-electron chi connectivity index (χ1n) is 10.1. The minimum Gasteiger partial charge on any atom is -0.496 e. The molecule has 2 amide bonds. The Morgan fingerprint density at radius 3 is 2.53 bits per heavy atom. The molecule has 30 heavy (non-hydrogen) atoms. The van der Waals surface area contributed by atoms with Crippen molar-refractivity contribution >= 4 is 17.4 Å². The van der Waals surface area contributed by atoms with Gasteiger partial charge in [-0.2, -0.15) is 4.99 Å². The van der Waals surface area contributed by atoms with E-state index in [9.17, 15) is 4.79 Å². The van der Waals surface area contributed by atoms with Crippen LogP contribution in [0.5, 0.6) is 5.75 Å². The van der Waals surface area contributed by atoms with Gasteiger partial charge in [-0.1, -0.05) is 35.6 Å². The summed E-state index contributed by atoms with van der Waals surface area (Å²) in [6, 6.07) is 14.9. The Morgan fingerprint density at radius 2 is 1.80 bits per heavy atom. The molecule has 1 atom stereocenters. The van der Waals surface area contributed by atoms with Crippen molar-refractivity contribution in [1.82, 2.24) is 15.2 Å². The second-order valence-electron chi connectivity index (χ2n) is 7.50. The first kappa shape index (κ1) is 20.0. The topological polar surface area (TPSA) is 81.9 Å². The summed E-state index contributed by atoms with van der Waals surface area (Å²) in [6.07, 6.45) is 0.592. The van der Waals surface area contributed by atoms with Gasteiger partial charge in [-0.05, 0) is 30.8 Å². The molecular formula is C22H26N6O2. The number of amides is 2. The highest BCUT2D eigenvalue weighted by atomic mass is 16.5. The van der Waals surface area contributed by atoms with Crippen LogP contribution in [-0.4, -0.2) is 62.0 Å². The smallest absolute Gasteiger partial charge is 0.341 e. The molecule has 2 aromatic carbocycles. The molecule has 1 fully saturated rings. The van der Waals surface area contributed by atoms with Crippen LogP contribution in [0.4, 0.5) is 10.5 Å². The average molecular weight is 406 g/mol. The second-order valence-corrected chi connectivity index (χ2v) is 7.50. The number of hydrogen-bond acceptors (Lipinski definition) is 5. The molecule has 2 aromatic rings. The highest BCUT2D eigenvalue weighted by molar-refractivity contribution is 6.08. The number of ether oxygens (including phenoxy) is 1. The van der Waals surface area contributed by atoms with E-state index in [1.807, 2.05) is 53.5 Å². The molecule has 156 valence electrons. The van der Waals surface area contributed by atoms with Gasteiger partial charge >= 0.3 is 6.03 Å². The van der Waals surface area contributed by atoms with E-state index in [0.717, 1.165) is 54.5 Å². The zero-order valence-corrected chi connectivity index (χ0v) is 17.3. The quantitative estimate of drug-likeness (QED) is 0.770. The van der Waals surface area contributed by atoms with Crippen molar-refractivity contribution in [1.29, 1.82) is 0 Å². The van der Waals surface area contributed by atoms with E-state index >= 15 is 0 Å². The number of benzene rings is 2. The lowest BCUT2D eigenvalue weighted by Gasteiger charge is -2.29. The molecule has 1 unspecified atom stereocenters. The van der Waals surface area contributed by atoms with Gasteiger partial charge in [-0.25, -0.2) is 4.79 Å². The SMILES string of the molecule is COc1ccccc1C1CC(c2ccc(N=NN3CCN(C)CC3)cc2)=NC(=O)N1. The summed E-state index contributed by atoms with van der Waals surface area (Å²) in [5.41, 5.74) is 3.37. The van der Waals surface area contributed by atoms with Crippen molar-refractivity contribution < 1.29 is 9.53 Å². The van der Waals surface area contributed by atoms with Crippen LogP contribution >= 0.6 is 0 Å². The molecule has 2 aliphatic rings. The highest BCUT2D eigenvalue weighted by Crippen LogP contribution is 2.30. The zero-order valence-electron chi connectivity index (χ0n) is 17.3. The third-order valence-electron chi connectivity index (χ3n) is 5.41. The van der Waals surface area contributed by atoms with E-state index in [2.05, 4.69) is 32.6 Å². The van der Waals surface area contributed by atoms with Gasteiger partial charge in [-0.3, -0.25) is 5.01 Å². The molecule has 0 bridgehead atoms. The second kappa shape index (κ2) is 9.04. The number of urea groups is 1. The molecule has 1 N–H and O–H groups in total. The van der Waals surface area contributed by atoms with Crippen molar-refractivity contribution in [2.75, 3.05) is 40.3 Å². The van der Waals surface area contributed by atoms with Crippen molar-refractivity contribution in [2.24, 2.45) is 15.3 Å². The van der Waals surface area contributed by atoms with Crippen LogP contribution in [0.3, 0.4) is 0 Å². The predicted molar refractivity (Wildman–Crippen MR) is 115 cm³/mol. The number of nitrogens with zero attached hydrogens (tertiary/aromatic N) is 5. The van der Waals surface area contributed by atoms with E-state index in [1.54, 1.807) is 7.11 Å². The van der Waals surface area contributed by atoms with E-state index < -0.39 is 0 Å². The van der Waals surface area contributed by atoms with Gasteiger partial charge in [0.2, 0.25) is 0 Å². The van der Waals surface area contributed by atoms with Crippen LogP contribution in [-0.2, 0) is 0 Å². The average Bonchev–Trinajstić information content (AvgIpc) is 2.78. The van der Waals surface area contributed by atoms with Crippen LogP contribution in [0.25, 0.3) is 0 Å². The van der Waals surface area contributed by atoms with Crippen molar-refractivity contribution in [3.63, 3.8) is 0 Å². The fourth-order valence-corrected chi connectivity index (χ4v) is 3.64. The van der Waals surface area contributed by atoms with Gasteiger partial charge in [0.25, 0.3) is 0 Å². The number of para-hydroxylation sites is 1. The molecule has 0 saturated carbocycles. The Bertz CT molecular complexity index is 948. The number of carbonyl (C=O) groups is 1. The van der Waals surface area contributed by atoms with E-state index in [-0.39, 0.29) is 12.1 Å². The predicted octanol–water partition coefficient (Wildman–Crippen LogP) is 3.59. The van der Waals surface area contributed by atoms with Gasteiger partial charge in [0.1, 0.15) is 5.75 Å². The summed E-state index contributed by atoms with van der Waals surface area (Å²) in [4.78, 5) is 18.7. The van der Waals surface area contributed by atoms with Crippen molar-refractivity contribution in [2.45, 2.75) is 12.5 Å². The van der Waals surface area contributed by atoms with Gasteiger partial charge in [0.15, 0.2) is 0 Å². The standard InChI is InChI=1S/C22H26N6O2/c1-27-11-13-28(14-12-27)26-25-17-9-7-16(8-10-17)19-15-20(24-22(29)23-19)18-5-3-4-6-21(18)30-2/h3-10,20H,11-15H2,1-2H3,(H,24,29). The maximum Gasteiger partial charge on any atom is 0.341 e. The Balaban J connectivity index is 1.46. The Hall–Kier alpha value is -3.26. The zero-order chi connectivity index (χ0) is 20.9. The number of piperazine rings is 1. The largest absolute Gasteiger partial charge is 0.496 e. The summed E-state index contributed by atoms with van der Waals surface area (Å²) >= 11 is 0. The molecule has 2 heterocycles. The van der Waals surface area contributed by atoms with Crippen molar-refractivity contribution in [3.8, 4) is 5.75 Å². The van der Waals surface area contributed by atoms with E-state index in [0.29, 0.717) is 6.42 Å². The number of carbonyl (C=O) groups excluding carboxylic acids is 1. The Labute approximate surface area is 176 Å². The molecule has 4 rings (SSSR count). The van der Waals surface area contributed by atoms with Crippen LogP contribution < -0.4 is 10.1 Å². The highest BCUT2D eigenvalue weighted by Gasteiger charge is 2.25. The molecule has 0 radical (unpaired) electrons. The molecular weight excluding hydrogens is 380 g/mol. The first-order chi connectivity index (χ1) is 14.6. The third-order valence-corrected chi connectivity index (χ3v) is 5.41. The lowest BCUT2D eigenvalue weighted by Crippen LogP contribution is -2.41. The summed E-state index contributed by atoms with van der Waals surface area (Å²) in [6.45, 7) is 3.75. The summed E-state index contributed by atoms with van der Waals surface area (Å²) < 4.78 is 5.45. The molecule has 8 nitrogen and oxygen atoms in total. The number of nitrogens with one attached hydrogen (secondary N) is 1. The number of methoxy groups -OCH3 is 1. The number of rotatable bonds is 5. The summed E-state index contributed by atoms with van der Waals surface area (Å²) in [7, 11) is 3.74. The van der Waals surface area contributed by atoms with E-state index in [4.69, 9.17) is 4.74 Å². The Morgan fingerprint density at radius 1 is 1.07 bits per heavy atom. The van der Waals surface area contributed by atoms with Gasteiger partial charge < -0.3 is 15.0 Å². The fourth-order valence-electron chi connectivity index (χ4n) is 3.64. The van der Waals surface area contributed by atoms with E-state index in [1.165, 1.54) is 0 Å². The minimum atomic E-state index is -0.342. The number of hydrogen-bond donors (Lipinski definition) is 1. The molecule has 0 aliphatic carbocycles. The number of aliphatic imine (C=N–C) groups is 1. The lowest BCUT2D eigenvalue weighted by atomic mass is 9.95. The maximum absolute atomic E-state index is 12.2. The molecule has 0 aromatic heterocycles. The fraction of sp³-hybridized carbons (Fsp3) is 0.364. The summed E-state index contributed by atoms with van der Waals surface area (Å²) in [5.74, 6) is 0.753. The Kier molecular flexibility index (Phi) is 6.04. The molecule has 8 heteroatoms. The van der Waals surface area contributed by atoms with Gasteiger partial charge in [0.05, 0.1) is 37.6 Å². The number of likely N-dealkylation sites (N-methyl/N-ethyl adjacent to an activating group) is 1. The van der Waals surface area contributed by atoms with Crippen LogP contribution in [0.1, 0.15) is 23.6 Å². The maximum atomic E-state index is 12.2. The molecule has 0 spiro atoms. The van der Waals surface area contributed by atoms with Crippen LogP contribution in [0, 0.1) is 0 Å². The lowest BCUT2D eigenvalue weighted by molar-refractivity contribution is 0.150. The monoisotopic (exact) mass is 406 g/mol. The minimum absolute atomic E-state index is 0.183. The van der Waals surface area contributed by atoms with Gasteiger partial charge in [-0.15, -0.1) is 5.11 Å².